The Morgan fingerprint density at radius 2 is 1.10 bits per heavy atom. The fourth-order valence-corrected chi connectivity index (χ4v) is 4.03. The average Bonchev–Trinajstić information content (AvgIpc) is 3.31. The lowest BCUT2D eigenvalue weighted by molar-refractivity contribution is -0.0677. The second kappa shape index (κ2) is 7.69. The van der Waals surface area contributed by atoms with Crippen LogP contribution in [0.1, 0.15) is 23.1 Å². The second-order valence-electron chi connectivity index (χ2n) is 7.66. The number of hydrogen-bond acceptors (Lipinski definition) is 2. The van der Waals surface area contributed by atoms with Gasteiger partial charge >= 0.3 is 0 Å². The molecule has 1 aliphatic carbocycles. The van der Waals surface area contributed by atoms with Gasteiger partial charge in [0, 0.05) is 13.5 Å². The van der Waals surface area contributed by atoms with Gasteiger partial charge in [0.1, 0.15) is 5.60 Å². The minimum Gasteiger partial charge on any atom is -0.384 e. The highest BCUT2D eigenvalue weighted by atomic mass is 19.3. The first-order valence-electron chi connectivity index (χ1n) is 9.71. The fraction of sp³-hybridized carbons (Fsp3) is 0.280. The van der Waals surface area contributed by atoms with Gasteiger partial charge in [0.2, 0.25) is 0 Å². The molecule has 1 atom stereocenters. The van der Waals surface area contributed by atoms with E-state index < -0.39 is 16.9 Å². The maximum Gasteiger partial charge on any atom is 0.259 e. The van der Waals surface area contributed by atoms with Crippen molar-refractivity contribution in [3.8, 4) is 0 Å². The zero-order chi connectivity index (χ0) is 20.4. The smallest absolute Gasteiger partial charge is 0.259 e. The first-order chi connectivity index (χ1) is 14.0. The van der Waals surface area contributed by atoms with E-state index in [2.05, 4.69) is 0 Å². The maximum absolute atomic E-state index is 14.3. The van der Waals surface area contributed by atoms with Crippen molar-refractivity contribution in [1.82, 2.24) is 0 Å². The van der Waals surface area contributed by atoms with E-state index in [9.17, 15) is 8.78 Å². The summed E-state index contributed by atoms with van der Waals surface area (Å²) in [5.41, 5.74) is 0.408. The van der Waals surface area contributed by atoms with Crippen LogP contribution in [-0.4, -0.2) is 26.2 Å². The first-order valence-corrected chi connectivity index (χ1v) is 9.71. The molecular weight excluding hydrogens is 370 g/mol. The van der Waals surface area contributed by atoms with Crippen molar-refractivity contribution in [3.05, 3.63) is 108 Å². The molecule has 29 heavy (non-hydrogen) atoms. The number of alkyl halides is 2. The highest BCUT2D eigenvalue weighted by Crippen LogP contribution is 2.61. The Balaban J connectivity index is 1.85. The van der Waals surface area contributed by atoms with Gasteiger partial charge in [0.25, 0.3) is 5.92 Å². The molecule has 3 aromatic carbocycles. The van der Waals surface area contributed by atoms with E-state index in [0.717, 1.165) is 16.7 Å². The molecule has 4 heteroatoms. The van der Waals surface area contributed by atoms with E-state index >= 15 is 0 Å². The lowest BCUT2D eigenvalue weighted by Gasteiger charge is -2.37. The summed E-state index contributed by atoms with van der Waals surface area (Å²) in [5.74, 6) is -2.78. The minimum absolute atomic E-state index is 0.0333. The number of rotatable bonds is 8. The highest BCUT2D eigenvalue weighted by molar-refractivity contribution is 5.47. The summed E-state index contributed by atoms with van der Waals surface area (Å²) in [6.07, 6.45) is -0.220. The molecule has 0 spiro atoms. The standard InChI is InChI=1S/C25H24F2O2/c1-28-18-23(17-24(23,26)27)19-29-25(20-11-5-2-6-12-20,21-13-7-3-8-14-21)22-15-9-4-10-16-22/h2-16H,17-19H2,1H3. The molecule has 1 aliphatic rings. The van der Waals surface area contributed by atoms with Crippen LogP contribution in [0.2, 0.25) is 0 Å². The van der Waals surface area contributed by atoms with Crippen LogP contribution >= 0.6 is 0 Å². The zero-order valence-electron chi connectivity index (χ0n) is 16.4. The summed E-state index contributed by atoms with van der Waals surface area (Å²) in [4.78, 5) is 0. The molecule has 1 fully saturated rings. The molecule has 1 saturated carbocycles. The van der Waals surface area contributed by atoms with E-state index in [1.54, 1.807) is 0 Å². The molecule has 0 radical (unpaired) electrons. The van der Waals surface area contributed by atoms with Crippen molar-refractivity contribution < 1.29 is 18.3 Å². The summed E-state index contributed by atoms with van der Waals surface area (Å²) in [6, 6.07) is 29.3. The zero-order valence-corrected chi connectivity index (χ0v) is 16.4. The number of ether oxygens (including phenoxy) is 2. The van der Waals surface area contributed by atoms with Crippen molar-refractivity contribution >= 4 is 0 Å². The lowest BCUT2D eigenvalue weighted by atomic mass is 9.80. The number of halogens is 2. The van der Waals surface area contributed by atoms with Crippen LogP contribution in [0.3, 0.4) is 0 Å². The quantitative estimate of drug-likeness (QED) is 0.459. The van der Waals surface area contributed by atoms with E-state index in [1.165, 1.54) is 7.11 Å². The molecule has 0 N–H and O–H groups in total. The Morgan fingerprint density at radius 1 is 0.724 bits per heavy atom. The molecule has 0 aromatic heterocycles. The molecule has 2 nitrogen and oxygen atoms in total. The lowest BCUT2D eigenvalue weighted by Crippen LogP contribution is -2.37. The van der Waals surface area contributed by atoms with Crippen LogP contribution in [0.4, 0.5) is 8.78 Å². The molecule has 0 amide bonds. The Hall–Kier alpha value is -2.56. The largest absolute Gasteiger partial charge is 0.384 e. The predicted molar refractivity (Wildman–Crippen MR) is 109 cm³/mol. The highest BCUT2D eigenvalue weighted by Gasteiger charge is 2.71. The van der Waals surface area contributed by atoms with E-state index in [-0.39, 0.29) is 19.6 Å². The van der Waals surface area contributed by atoms with Gasteiger partial charge in [-0.25, -0.2) is 8.78 Å². The SMILES string of the molecule is COCC1(COC(c2ccccc2)(c2ccccc2)c2ccccc2)CC1(F)F. The van der Waals surface area contributed by atoms with Gasteiger partial charge in [0.15, 0.2) is 0 Å². The Bertz CT molecular complexity index is 832. The van der Waals surface area contributed by atoms with Crippen molar-refractivity contribution in [2.24, 2.45) is 5.41 Å². The molecule has 0 saturated heterocycles. The monoisotopic (exact) mass is 394 g/mol. The van der Waals surface area contributed by atoms with Gasteiger partial charge in [-0.2, -0.15) is 0 Å². The van der Waals surface area contributed by atoms with Gasteiger partial charge in [0.05, 0.1) is 18.6 Å². The van der Waals surface area contributed by atoms with Crippen molar-refractivity contribution in [2.75, 3.05) is 20.3 Å². The van der Waals surface area contributed by atoms with Crippen LogP contribution < -0.4 is 0 Å². The normalized spacial score (nSPS) is 20.4. The van der Waals surface area contributed by atoms with Gasteiger partial charge in [-0.3, -0.25) is 0 Å². The molecule has 0 bridgehead atoms. The van der Waals surface area contributed by atoms with E-state index in [1.807, 2.05) is 91.0 Å². The van der Waals surface area contributed by atoms with Crippen LogP contribution in [0, 0.1) is 5.41 Å². The number of hydrogen-bond donors (Lipinski definition) is 0. The summed E-state index contributed by atoms with van der Waals surface area (Å²) in [7, 11) is 1.45. The van der Waals surface area contributed by atoms with Crippen molar-refractivity contribution in [1.29, 1.82) is 0 Å². The molecule has 1 unspecified atom stereocenters. The molecule has 4 rings (SSSR count). The van der Waals surface area contributed by atoms with Crippen LogP contribution in [0.5, 0.6) is 0 Å². The number of methoxy groups -OCH3 is 1. The van der Waals surface area contributed by atoms with Crippen LogP contribution in [-0.2, 0) is 15.1 Å². The molecule has 0 heterocycles. The summed E-state index contributed by atoms with van der Waals surface area (Å²) >= 11 is 0. The van der Waals surface area contributed by atoms with Gasteiger partial charge in [-0.05, 0) is 16.7 Å². The summed E-state index contributed by atoms with van der Waals surface area (Å²) in [6.45, 7) is -0.138. The van der Waals surface area contributed by atoms with E-state index in [0.29, 0.717) is 0 Å². The third-order valence-corrected chi connectivity index (χ3v) is 5.74. The third-order valence-electron chi connectivity index (χ3n) is 5.74. The molecular formula is C25H24F2O2. The van der Waals surface area contributed by atoms with Crippen LogP contribution in [0.15, 0.2) is 91.0 Å². The average molecular weight is 394 g/mol. The van der Waals surface area contributed by atoms with Crippen molar-refractivity contribution in [3.63, 3.8) is 0 Å². The Morgan fingerprint density at radius 3 is 1.41 bits per heavy atom. The Kier molecular flexibility index (Phi) is 5.24. The van der Waals surface area contributed by atoms with E-state index in [4.69, 9.17) is 9.47 Å². The van der Waals surface area contributed by atoms with Gasteiger partial charge < -0.3 is 9.47 Å². The maximum atomic E-state index is 14.3. The number of benzene rings is 3. The van der Waals surface area contributed by atoms with Crippen molar-refractivity contribution in [2.45, 2.75) is 17.9 Å². The molecule has 3 aromatic rings. The summed E-state index contributed by atoms with van der Waals surface area (Å²) in [5, 5.41) is 0. The van der Waals surface area contributed by atoms with Gasteiger partial charge in [-0.15, -0.1) is 0 Å². The Labute approximate surface area is 170 Å². The summed E-state index contributed by atoms with van der Waals surface area (Å²) < 4.78 is 40.2. The fourth-order valence-electron chi connectivity index (χ4n) is 4.03. The first kappa shape index (κ1) is 19.7. The molecule has 0 aliphatic heterocycles. The molecule has 150 valence electrons. The topological polar surface area (TPSA) is 18.5 Å². The van der Waals surface area contributed by atoms with Gasteiger partial charge in [-0.1, -0.05) is 91.0 Å². The van der Waals surface area contributed by atoms with Crippen LogP contribution in [0.25, 0.3) is 0 Å². The minimum atomic E-state index is -2.78. The second-order valence-corrected chi connectivity index (χ2v) is 7.66. The predicted octanol–water partition coefficient (Wildman–Crippen LogP) is 5.67. The third kappa shape index (κ3) is 3.47.